The molecule has 5 rings (SSSR count). The quantitative estimate of drug-likeness (QED) is 0.899. The van der Waals surface area contributed by atoms with Crippen molar-refractivity contribution in [3.63, 3.8) is 0 Å². The molecule has 0 amide bonds. The van der Waals surface area contributed by atoms with Crippen LogP contribution in [0.15, 0.2) is 18.2 Å². The van der Waals surface area contributed by atoms with Crippen molar-refractivity contribution >= 4 is 5.69 Å². The number of aryl methyl sites for hydroxylation is 1. The lowest BCUT2D eigenvalue weighted by Gasteiger charge is -2.39. The molecule has 5 heteroatoms. The van der Waals surface area contributed by atoms with Gasteiger partial charge in [0.05, 0.1) is 11.7 Å². The third-order valence-corrected chi connectivity index (χ3v) is 7.50. The minimum Gasteiger partial charge on any atom is -0.396 e. The van der Waals surface area contributed by atoms with Gasteiger partial charge in [0.1, 0.15) is 5.82 Å². The van der Waals surface area contributed by atoms with E-state index in [-0.39, 0.29) is 18.0 Å². The number of ether oxygens (including phenoxy) is 1. The van der Waals surface area contributed by atoms with Gasteiger partial charge in [0.15, 0.2) is 0 Å². The Bertz CT molecular complexity index is 691. The molecule has 142 valence electrons. The van der Waals surface area contributed by atoms with Crippen LogP contribution in [0.1, 0.15) is 31.2 Å². The predicted molar refractivity (Wildman–Crippen MR) is 98.8 cm³/mol. The lowest BCUT2D eigenvalue weighted by atomic mass is 9.74. The standard InChI is InChI=1S/C21H29FN2O2/c1-14-10-15(22)2-3-19(14)23-8-5-16(6-9-23)24-11-18-17(12-25)20-4-7-21(18,13-24)26-20/h2-3,10,16-18,20,25H,4-9,11-13H2,1H3/t17-,18+,20+,21+/m0/s1. The van der Waals surface area contributed by atoms with Gasteiger partial charge in [0.2, 0.25) is 0 Å². The number of rotatable bonds is 3. The van der Waals surface area contributed by atoms with Gasteiger partial charge in [-0.1, -0.05) is 0 Å². The van der Waals surface area contributed by atoms with E-state index in [1.54, 1.807) is 12.1 Å². The summed E-state index contributed by atoms with van der Waals surface area (Å²) in [7, 11) is 0. The van der Waals surface area contributed by atoms with Crippen LogP contribution in [0.3, 0.4) is 0 Å². The zero-order valence-electron chi connectivity index (χ0n) is 15.5. The van der Waals surface area contributed by atoms with Gasteiger partial charge in [-0.2, -0.15) is 0 Å². The number of aliphatic hydroxyl groups is 1. The molecule has 0 saturated carbocycles. The highest BCUT2D eigenvalue weighted by Crippen LogP contribution is 2.55. The number of hydrogen-bond acceptors (Lipinski definition) is 4. The minimum atomic E-state index is -0.155. The molecule has 4 aliphatic heterocycles. The number of piperidine rings is 1. The van der Waals surface area contributed by atoms with E-state index >= 15 is 0 Å². The Morgan fingerprint density at radius 2 is 2.08 bits per heavy atom. The van der Waals surface area contributed by atoms with E-state index in [1.165, 1.54) is 12.1 Å². The summed E-state index contributed by atoms with van der Waals surface area (Å²) in [4.78, 5) is 5.04. The maximum atomic E-state index is 13.4. The number of nitrogens with zero attached hydrogens (tertiary/aromatic N) is 2. The molecule has 0 unspecified atom stereocenters. The first kappa shape index (κ1) is 17.0. The molecule has 1 aromatic carbocycles. The number of hydrogen-bond donors (Lipinski definition) is 1. The van der Waals surface area contributed by atoms with Gasteiger partial charge in [-0.05, 0) is 56.4 Å². The first-order valence-electron chi connectivity index (χ1n) is 10.1. The molecule has 0 aliphatic carbocycles. The number of benzene rings is 1. The summed E-state index contributed by atoms with van der Waals surface area (Å²) in [6.45, 7) is 6.45. The fraction of sp³-hybridized carbons (Fsp3) is 0.714. The van der Waals surface area contributed by atoms with Gasteiger partial charge in [0, 0.05) is 56.4 Å². The van der Waals surface area contributed by atoms with Gasteiger partial charge < -0.3 is 14.7 Å². The smallest absolute Gasteiger partial charge is 0.123 e. The van der Waals surface area contributed by atoms with E-state index in [9.17, 15) is 9.50 Å². The Hall–Kier alpha value is -1.17. The summed E-state index contributed by atoms with van der Waals surface area (Å²) in [6, 6.07) is 5.72. The first-order chi connectivity index (χ1) is 12.6. The van der Waals surface area contributed by atoms with Crippen LogP contribution < -0.4 is 4.90 Å². The third-order valence-electron chi connectivity index (χ3n) is 7.50. The molecule has 4 aliphatic rings. The highest BCUT2D eigenvalue weighted by atomic mass is 19.1. The second kappa shape index (κ2) is 6.18. The number of aliphatic hydroxyl groups excluding tert-OH is 1. The van der Waals surface area contributed by atoms with Crippen molar-refractivity contribution < 1.29 is 14.2 Å². The summed E-state index contributed by atoms with van der Waals surface area (Å²) in [6.07, 6.45) is 4.89. The van der Waals surface area contributed by atoms with Crippen LogP contribution in [0.25, 0.3) is 0 Å². The molecule has 4 heterocycles. The molecular weight excluding hydrogens is 331 g/mol. The van der Waals surface area contributed by atoms with Gasteiger partial charge >= 0.3 is 0 Å². The number of fused-ring (bicyclic) bond motifs is 1. The van der Waals surface area contributed by atoms with Crippen LogP contribution in [0.4, 0.5) is 10.1 Å². The van der Waals surface area contributed by atoms with Crippen molar-refractivity contribution in [3.05, 3.63) is 29.6 Å². The Labute approximate surface area is 154 Å². The maximum absolute atomic E-state index is 13.4. The normalized spacial score (nSPS) is 37.5. The summed E-state index contributed by atoms with van der Waals surface area (Å²) in [5, 5.41) is 9.80. The average Bonchev–Trinajstić information content (AvgIpc) is 3.29. The van der Waals surface area contributed by atoms with E-state index in [0.717, 1.165) is 51.0 Å². The lowest BCUT2D eigenvalue weighted by Crippen LogP contribution is -2.45. The SMILES string of the molecule is Cc1cc(F)ccc1N1CCC(N2C[C@@H]3[C@H](CO)[C@H]4CC[C@]3(C2)O4)CC1. The molecule has 1 aromatic rings. The molecule has 4 atom stereocenters. The van der Waals surface area contributed by atoms with Crippen LogP contribution in [-0.2, 0) is 4.74 Å². The van der Waals surface area contributed by atoms with Gasteiger partial charge in [-0.3, -0.25) is 4.90 Å². The van der Waals surface area contributed by atoms with Crippen molar-refractivity contribution in [2.45, 2.75) is 50.4 Å². The Balaban J connectivity index is 1.24. The largest absolute Gasteiger partial charge is 0.396 e. The molecular formula is C21H29FN2O2. The van der Waals surface area contributed by atoms with Crippen LogP contribution in [0, 0.1) is 24.6 Å². The number of halogens is 1. The van der Waals surface area contributed by atoms with Crippen LogP contribution in [-0.4, -0.2) is 60.5 Å². The summed E-state index contributed by atoms with van der Waals surface area (Å²) < 4.78 is 19.8. The monoisotopic (exact) mass is 360 g/mol. The van der Waals surface area contributed by atoms with Crippen LogP contribution in [0.5, 0.6) is 0 Å². The maximum Gasteiger partial charge on any atom is 0.123 e. The molecule has 0 aromatic heterocycles. The molecule has 4 nitrogen and oxygen atoms in total. The van der Waals surface area contributed by atoms with Crippen molar-refractivity contribution in [3.8, 4) is 0 Å². The van der Waals surface area contributed by atoms with Crippen molar-refractivity contribution in [1.82, 2.24) is 4.90 Å². The second-order valence-corrected chi connectivity index (χ2v) is 8.79. The Morgan fingerprint density at radius 3 is 2.81 bits per heavy atom. The minimum absolute atomic E-state index is 0.0305. The topological polar surface area (TPSA) is 35.9 Å². The van der Waals surface area contributed by atoms with Crippen molar-refractivity contribution in [1.29, 1.82) is 0 Å². The third kappa shape index (κ3) is 2.51. The molecule has 4 fully saturated rings. The van der Waals surface area contributed by atoms with Gasteiger partial charge in [0.25, 0.3) is 0 Å². The van der Waals surface area contributed by atoms with Gasteiger partial charge in [-0.25, -0.2) is 4.39 Å². The van der Waals surface area contributed by atoms with E-state index in [0.29, 0.717) is 24.0 Å². The molecule has 1 N–H and O–H groups in total. The van der Waals surface area contributed by atoms with Crippen LogP contribution in [0.2, 0.25) is 0 Å². The molecule has 2 bridgehead atoms. The van der Waals surface area contributed by atoms with E-state index in [1.807, 2.05) is 13.0 Å². The predicted octanol–water partition coefficient (Wildman–Crippen LogP) is 2.57. The number of anilines is 1. The lowest BCUT2D eigenvalue weighted by molar-refractivity contribution is -0.00407. The van der Waals surface area contributed by atoms with Crippen LogP contribution >= 0.6 is 0 Å². The summed E-state index contributed by atoms with van der Waals surface area (Å²) >= 11 is 0. The Morgan fingerprint density at radius 1 is 1.27 bits per heavy atom. The highest BCUT2D eigenvalue weighted by Gasteiger charge is 2.63. The second-order valence-electron chi connectivity index (χ2n) is 8.79. The molecule has 0 radical (unpaired) electrons. The highest BCUT2D eigenvalue weighted by molar-refractivity contribution is 5.53. The molecule has 26 heavy (non-hydrogen) atoms. The number of likely N-dealkylation sites (tertiary alicyclic amines) is 1. The molecule has 4 saturated heterocycles. The molecule has 1 spiro atoms. The fourth-order valence-electron chi connectivity index (χ4n) is 6.19. The van der Waals surface area contributed by atoms with E-state index in [4.69, 9.17) is 4.74 Å². The summed E-state index contributed by atoms with van der Waals surface area (Å²) in [5.41, 5.74) is 2.22. The van der Waals surface area contributed by atoms with Gasteiger partial charge in [-0.15, -0.1) is 0 Å². The zero-order valence-corrected chi connectivity index (χ0v) is 15.5. The van der Waals surface area contributed by atoms with E-state index in [2.05, 4.69) is 9.80 Å². The average molecular weight is 360 g/mol. The fourth-order valence-corrected chi connectivity index (χ4v) is 6.19. The summed E-state index contributed by atoms with van der Waals surface area (Å²) in [5.74, 6) is 0.705. The first-order valence-corrected chi connectivity index (χ1v) is 10.1. The Kier molecular flexibility index (Phi) is 4.03. The van der Waals surface area contributed by atoms with Crippen molar-refractivity contribution in [2.24, 2.45) is 11.8 Å². The zero-order chi connectivity index (χ0) is 17.9. The van der Waals surface area contributed by atoms with Crippen molar-refractivity contribution in [2.75, 3.05) is 37.7 Å². The van der Waals surface area contributed by atoms with E-state index < -0.39 is 0 Å².